The first-order valence-corrected chi connectivity index (χ1v) is 9.70. The second-order valence-corrected chi connectivity index (χ2v) is 8.38. The molecule has 140 valence electrons. The summed E-state index contributed by atoms with van der Waals surface area (Å²) in [6.45, 7) is 3.37. The number of aryl methyl sites for hydroxylation is 2. The molecule has 3 aromatic rings. The Kier molecular flexibility index (Phi) is 4.75. The van der Waals surface area contributed by atoms with E-state index in [1.807, 2.05) is 6.92 Å². The van der Waals surface area contributed by atoms with E-state index in [4.69, 9.17) is 11.6 Å². The van der Waals surface area contributed by atoms with E-state index in [2.05, 4.69) is 0 Å². The third-order valence-electron chi connectivity index (χ3n) is 4.17. The van der Waals surface area contributed by atoms with Gasteiger partial charge in [-0.3, -0.25) is 4.79 Å². The lowest BCUT2D eigenvalue weighted by molar-refractivity contribution is 0.103. The zero-order valence-electron chi connectivity index (χ0n) is 14.5. The minimum atomic E-state index is -3.87. The number of phenols is 2. The van der Waals surface area contributed by atoms with E-state index in [0.717, 1.165) is 15.7 Å². The number of hydrogen-bond donors (Lipinski definition) is 2. The number of carbonyl (C=O) groups is 1. The number of aromatic hydroxyl groups is 2. The number of aromatic nitrogens is 1. The van der Waals surface area contributed by atoms with Crippen LogP contribution in [-0.4, -0.2) is 28.4 Å². The number of carbonyl (C=O) groups excluding carboxylic acids is 1. The van der Waals surface area contributed by atoms with Gasteiger partial charge in [0.1, 0.15) is 17.1 Å². The van der Waals surface area contributed by atoms with Gasteiger partial charge in [-0.2, -0.15) is 0 Å². The van der Waals surface area contributed by atoms with Gasteiger partial charge in [0.2, 0.25) is 5.78 Å². The standard InChI is InChI=1S/C19H16ClNO5S/c1-11-3-5-14(6-4-11)27(25,26)21-8-7-13(10-21)18(23)16-17(22)12(2)9-15(20)19(16)24/h3-10,22,24H,1-2H3. The lowest BCUT2D eigenvalue weighted by Gasteiger charge is -2.10. The first kappa shape index (κ1) is 19.0. The molecule has 0 saturated heterocycles. The molecule has 1 aromatic heterocycles. The number of benzene rings is 2. The zero-order valence-corrected chi connectivity index (χ0v) is 16.0. The summed E-state index contributed by atoms with van der Waals surface area (Å²) < 4.78 is 26.3. The zero-order chi connectivity index (χ0) is 19.9. The van der Waals surface area contributed by atoms with Gasteiger partial charge in [-0.25, -0.2) is 12.4 Å². The number of phenolic OH excluding ortho intramolecular Hbond substituents is 2. The summed E-state index contributed by atoms with van der Waals surface area (Å²) in [4.78, 5) is 12.8. The summed E-state index contributed by atoms with van der Waals surface area (Å²) in [7, 11) is -3.87. The number of hydrogen-bond acceptors (Lipinski definition) is 5. The highest BCUT2D eigenvalue weighted by Crippen LogP contribution is 2.38. The smallest absolute Gasteiger partial charge is 0.267 e. The van der Waals surface area contributed by atoms with Crippen molar-refractivity contribution in [3.8, 4) is 11.5 Å². The Bertz CT molecular complexity index is 1120. The average molecular weight is 406 g/mol. The Balaban J connectivity index is 2.04. The maximum Gasteiger partial charge on any atom is 0.267 e. The predicted molar refractivity (Wildman–Crippen MR) is 101 cm³/mol. The molecule has 0 aliphatic carbocycles. The van der Waals surface area contributed by atoms with Crippen LogP contribution < -0.4 is 0 Å². The molecular formula is C19H16ClNO5S. The van der Waals surface area contributed by atoms with E-state index < -0.39 is 27.3 Å². The van der Waals surface area contributed by atoms with Gasteiger partial charge in [-0.1, -0.05) is 29.3 Å². The second-order valence-electron chi connectivity index (χ2n) is 6.12. The van der Waals surface area contributed by atoms with Gasteiger partial charge in [0.25, 0.3) is 10.0 Å². The molecular weight excluding hydrogens is 390 g/mol. The Morgan fingerprint density at radius 2 is 1.67 bits per heavy atom. The quantitative estimate of drug-likeness (QED) is 0.646. The third kappa shape index (κ3) is 3.31. The molecule has 0 bridgehead atoms. The van der Waals surface area contributed by atoms with Crippen molar-refractivity contribution in [2.45, 2.75) is 18.7 Å². The molecule has 6 nitrogen and oxygen atoms in total. The fraction of sp³-hybridized carbons (Fsp3) is 0.105. The van der Waals surface area contributed by atoms with E-state index in [1.165, 1.54) is 37.4 Å². The van der Waals surface area contributed by atoms with Gasteiger partial charge in [0.05, 0.1) is 9.92 Å². The Hall–Kier alpha value is -2.77. The average Bonchev–Trinajstić information content (AvgIpc) is 3.11. The molecule has 0 radical (unpaired) electrons. The fourth-order valence-corrected chi connectivity index (χ4v) is 4.06. The van der Waals surface area contributed by atoms with Gasteiger partial charge in [0.15, 0.2) is 0 Å². The van der Waals surface area contributed by atoms with Crippen LogP contribution in [0.5, 0.6) is 11.5 Å². The number of halogens is 1. The van der Waals surface area contributed by atoms with E-state index in [-0.39, 0.29) is 21.0 Å². The van der Waals surface area contributed by atoms with Crippen LogP contribution in [0.25, 0.3) is 0 Å². The number of ketones is 1. The van der Waals surface area contributed by atoms with Crippen molar-refractivity contribution in [3.63, 3.8) is 0 Å². The van der Waals surface area contributed by atoms with Gasteiger partial charge in [-0.15, -0.1) is 0 Å². The SMILES string of the molecule is Cc1ccc(S(=O)(=O)n2ccc(C(=O)c3c(O)c(C)cc(Cl)c3O)c2)cc1. The van der Waals surface area contributed by atoms with Crippen LogP contribution in [0.2, 0.25) is 5.02 Å². The molecule has 2 aromatic carbocycles. The van der Waals surface area contributed by atoms with Crippen LogP contribution >= 0.6 is 11.6 Å². The van der Waals surface area contributed by atoms with Crippen molar-refractivity contribution >= 4 is 27.4 Å². The van der Waals surface area contributed by atoms with Crippen LogP contribution in [-0.2, 0) is 10.0 Å². The molecule has 3 rings (SSSR count). The summed E-state index contributed by atoms with van der Waals surface area (Å²) in [5.41, 5.74) is 0.843. The summed E-state index contributed by atoms with van der Waals surface area (Å²) in [6.07, 6.45) is 2.36. The van der Waals surface area contributed by atoms with Gasteiger partial charge >= 0.3 is 0 Å². The lowest BCUT2D eigenvalue weighted by Crippen LogP contribution is -2.11. The fourth-order valence-electron chi connectivity index (χ4n) is 2.61. The Morgan fingerprint density at radius 3 is 2.30 bits per heavy atom. The van der Waals surface area contributed by atoms with Gasteiger partial charge < -0.3 is 10.2 Å². The molecule has 27 heavy (non-hydrogen) atoms. The van der Waals surface area contributed by atoms with Crippen molar-refractivity contribution in [2.75, 3.05) is 0 Å². The maximum atomic E-state index is 12.7. The Labute approximate surface area is 161 Å². The van der Waals surface area contributed by atoms with E-state index >= 15 is 0 Å². The normalized spacial score (nSPS) is 11.5. The molecule has 0 atom stereocenters. The highest BCUT2D eigenvalue weighted by molar-refractivity contribution is 7.90. The van der Waals surface area contributed by atoms with Gasteiger partial charge in [0, 0.05) is 18.0 Å². The van der Waals surface area contributed by atoms with Crippen LogP contribution in [0.4, 0.5) is 0 Å². The number of nitrogens with zero attached hydrogens (tertiary/aromatic N) is 1. The van der Waals surface area contributed by atoms with E-state index in [0.29, 0.717) is 5.56 Å². The Morgan fingerprint density at radius 1 is 1.04 bits per heavy atom. The first-order valence-electron chi connectivity index (χ1n) is 7.89. The molecule has 0 unspecified atom stereocenters. The van der Waals surface area contributed by atoms with Crippen molar-refractivity contribution in [2.24, 2.45) is 0 Å². The molecule has 8 heteroatoms. The van der Waals surface area contributed by atoms with Crippen LogP contribution in [0.3, 0.4) is 0 Å². The lowest BCUT2D eigenvalue weighted by atomic mass is 10.0. The summed E-state index contributed by atoms with van der Waals surface area (Å²) >= 11 is 5.88. The number of rotatable bonds is 4. The second kappa shape index (κ2) is 6.75. The largest absolute Gasteiger partial charge is 0.507 e. The summed E-state index contributed by atoms with van der Waals surface area (Å²) in [5, 5.41) is 20.1. The first-order chi connectivity index (χ1) is 12.6. The summed E-state index contributed by atoms with van der Waals surface area (Å²) in [6, 6.07) is 8.92. The molecule has 0 aliphatic rings. The minimum Gasteiger partial charge on any atom is -0.507 e. The maximum absolute atomic E-state index is 12.7. The van der Waals surface area contributed by atoms with Crippen LogP contribution in [0, 0.1) is 13.8 Å². The summed E-state index contributed by atoms with van der Waals surface area (Å²) in [5.74, 6) is -1.71. The molecule has 0 spiro atoms. The van der Waals surface area contributed by atoms with E-state index in [9.17, 15) is 23.4 Å². The van der Waals surface area contributed by atoms with Crippen molar-refractivity contribution in [1.82, 2.24) is 3.97 Å². The third-order valence-corrected chi connectivity index (χ3v) is 6.11. The van der Waals surface area contributed by atoms with Crippen molar-refractivity contribution < 1.29 is 23.4 Å². The molecule has 0 aliphatic heterocycles. The van der Waals surface area contributed by atoms with Crippen LogP contribution in [0.15, 0.2) is 53.7 Å². The van der Waals surface area contributed by atoms with Crippen LogP contribution in [0.1, 0.15) is 27.0 Å². The molecule has 1 heterocycles. The highest BCUT2D eigenvalue weighted by atomic mass is 35.5. The molecule has 0 amide bonds. The minimum absolute atomic E-state index is 0.0158. The van der Waals surface area contributed by atoms with Crippen molar-refractivity contribution in [3.05, 3.63) is 76.1 Å². The highest BCUT2D eigenvalue weighted by Gasteiger charge is 2.25. The molecule has 0 fully saturated rings. The van der Waals surface area contributed by atoms with Crippen molar-refractivity contribution in [1.29, 1.82) is 0 Å². The molecule has 2 N–H and O–H groups in total. The topological polar surface area (TPSA) is 96.6 Å². The van der Waals surface area contributed by atoms with E-state index in [1.54, 1.807) is 12.1 Å². The molecule has 0 saturated carbocycles. The monoisotopic (exact) mass is 405 g/mol. The van der Waals surface area contributed by atoms with Gasteiger partial charge in [-0.05, 0) is 43.7 Å². The predicted octanol–water partition coefficient (Wildman–Crippen LogP) is 3.64.